The maximum Gasteiger partial charge on any atom is 0.262 e. The number of nitrogens with one attached hydrogen (secondary N) is 1. The molecule has 1 heterocycles. The van der Waals surface area contributed by atoms with E-state index in [0.717, 1.165) is 0 Å². The maximum absolute atomic E-state index is 13.5. The summed E-state index contributed by atoms with van der Waals surface area (Å²) in [5.41, 5.74) is 1.16. The van der Waals surface area contributed by atoms with Gasteiger partial charge in [-0.2, -0.15) is 0 Å². The largest absolute Gasteiger partial charge is 0.481 e. The molecule has 0 spiro atoms. The molecular formula is C21H14FNO4. The van der Waals surface area contributed by atoms with Gasteiger partial charge < -0.3 is 14.5 Å². The third-order valence-electron chi connectivity index (χ3n) is 4.06. The van der Waals surface area contributed by atoms with Crippen LogP contribution in [0, 0.1) is 5.82 Å². The number of anilines is 1. The van der Waals surface area contributed by atoms with Gasteiger partial charge in [0.2, 0.25) is 5.43 Å². The first-order valence-corrected chi connectivity index (χ1v) is 8.24. The van der Waals surface area contributed by atoms with Gasteiger partial charge in [-0.3, -0.25) is 9.59 Å². The Balaban J connectivity index is 1.55. The summed E-state index contributed by atoms with van der Waals surface area (Å²) >= 11 is 0. The smallest absolute Gasteiger partial charge is 0.262 e. The van der Waals surface area contributed by atoms with Gasteiger partial charge in [0.25, 0.3) is 5.91 Å². The third kappa shape index (κ3) is 3.37. The van der Waals surface area contributed by atoms with Gasteiger partial charge in [-0.1, -0.05) is 24.3 Å². The molecule has 0 radical (unpaired) electrons. The minimum Gasteiger partial charge on any atom is -0.481 e. The Kier molecular flexibility index (Phi) is 4.30. The fourth-order valence-electron chi connectivity index (χ4n) is 2.78. The molecule has 0 atom stereocenters. The van der Waals surface area contributed by atoms with Crippen LogP contribution in [0.2, 0.25) is 0 Å². The highest BCUT2D eigenvalue weighted by Crippen LogP contribution is 2.22. The summed E-state index contributed by atoms with van der Waals surface area (Å²) in [6.45, 7) is -0.347. The van der Waals surface area contributed by atoms with Crippen molar-refractivity contribution in [2.24, 2.45) is 0 Å². The third-order valence-corrected chi connectivity index (χ3v) is 4.06. The monoisotopic (exact) mass is 363 g/mol. The van der Waals surface area contributed by atoms with Crippen molar-refractivity contribution in [1.82, 2.24) is 0 Å². The van der Waals surface area contributed by atoms with Crippen LogP contribution in [0.15, 0.2) is 75.9 Å². The number of hydrogen-bond acceptors (Lipinski definition) is 4. The first-order valence-electron chi connectivity index (χ1n) is 8.24. The van der Waals surface area contributed by atoms with E-state index < -0.39 is 11.7 Å². The maximum atomic E-state index is 13.5. The van der Waals surface area contributed by atoms with E-state index in [1.165, 1.54) is 18.2 Å². The number of amides is 1. The number of ether oxygens (including phenoxy) is 1. The molecule has 0 aliphatic heterocycles. The predicted octanol–water partition coefficient (Wildman–Crippen LogP) is 4.10. The van der Waals surface area contributed by atoms with Gasteiger partial charge in [-0.05, 0) is 36.4 Å². The molecule has 3 aromatic carbocycles. The van der Waals surface area contributed by atoms with Crippen molar-refractivity contribution in [2.45, 2.75) is 0 Å². The topological polar surface area (TPSA) is 68.5 Å². The first kappa shape index (κ1) is 16.8. The summed E-state index contributed by atoms with van der Waals surface area (Å²) < 4.78 is 24.4. The van der Waals surface area contributed by atoms with Crippen LogP contribution >= 0.6 is 0 Å². The molecule has 0 unspecified atom stereocenters. The van der Waals surface area contributed by atoms with E-state index in [-0.39, 0.29) is 17.8 Å². The van der Waals surface area contributed by atoms with Crippen molar-refractivity contribution in [3.63, 3.8) is 0 Å². The summed E-state index contributed by atoms with van der Waals surface area (Å²) in [5, 5.41) is 3.57. The molecule has 4 rings (SSSR count). The SMILES string of the molecule is O=C(COc1ccccc1F)Nc1ccc2c(=O)c3ccccc3oc2c1. The summed E-state index contributed by atoms with van der Waals surface area (Å²) in [6, 6.07) is 17.6. The number of benzene rings is 3. The van der Waals surface area contributed by atoms with E-state index in [1.54, 1.807) is 48.5 Å². The van der Waals surface area contributed by atoms with Crippen LogP contribution in [0.5, 0.6) is 5.75 Å². The average Bonchev–Trinajstić information content (AvgIpc) is 2.67. The average molecular weight is 363 g/mol. The fourth-order valence-corrected chi connectivity index (χ4v) is 2.78. The van der Waals surface area contributed by atoms with E-state index in [9.17, 15) is 14.0 Å². The van der Waals surface area contributed by atoms with Gasteiger partial charge in [0.1, 0.15) is 11.2 Å². The highest BCUT2D eigenvalue weighted by molar-refractivity contribution is 5.96. The molecule has 0 aliphatic rings. The molecular weight excluding hydrogens is 349 g/mol. The van der Waals surface area contributed by atoms with Crippen molar-refractivity contribution in [3.8, 4) is 5.75 Å². The van der Waals surface area contributed by atoms with Crippen LogP contribution < -0.4 is 15.5 Å². The molecule has 27 heavy (non-hydrogen) atoms. The highest BCUT2D eigenvalue weighted by Gasteiger charge is 2.10. The van der Waals surface area contributed by atoms with Crippen molar-refractivity contribution in [1.29, 1.82) is 0 Å². The summed E-state index contributed by atoms with van der Waals surface area (Å²) in [5.74, 6) is -0.992. The minimum atomic E-state index is -0.537. The molecule has 0 saturated heterocycles. The lowest BCUT2D eigenvalue weighted by Crippen LogP contribution is -2.20. The van der Waals surface area contributed by atoms with Crippen LogP contribution in [0.4, 0.5) is 10.1 Å². The number of para-hydroxylation sites is 2. The van der Waals surface area contributed by atoms with E-state index in [4.69, 9.17) is 9.15 Å². The minimum absolute atomic E-state index is 0.00336. The zero-order chi connectivity index (χ0) is 18.8. The second kappa shape index (κ2) is 6.92. The van der Waals surface area contributed by atoms with Crippen molar-refractivity contribution in [3.05, 3.63) is 82.8 Å². The molecule has 0 bridgehead atoms. The Morgan fingerprint density at radius 2 is 1.70 bits per heavy atom. The lowest BCUT2D eigenvalue weighted by molar-refractivity contribution is -0.118. The number of fused-ring (bicyclic) bond motifs is 2. The number of halogens is 1. The highest BCUT2D eigenvalue weighted by atomic mass is 19.1. The fraction of sp³-hybridized carbons (Fsp3) is 0.0476. The van der Waals surface area contributed by atoms with Gasteiger partial charge in [0.15, 0.2) is 18.2 Å². The second-order valence-electron chi connectivity index (χ2n) is 5.91. The van der Waals surface area contributed by atoms with Crippen molar-refractivity contribution in [2.75, 3.05) is 11.9 Å². The van der Waals surface area contributed by atoms with Gasteiger partial charge in [-0.25, -0.2) is 4.39 Å². The molecule has 0 aliphatic carbocycles. The molecule has 0 saturated carbocycles. The Hall–Kier alpha value is -3.67. The first-order chi connectivity index (χ1) is 13.1. The Bertz CT molecular complexity index is 1220. The zero-order valence-electron chi connectivity index (χ0n) is 14.1. The lowest BCUT2D eigenvalue weighted by atomic mass is 10.1. The Morgan fingerprint density at radius 1 is 0.963 bits per heavy atom. The molecule has 1 aromatic heterocycles. The normalized spacial score (nSPS) is 10.9. The molecule has 4 aromatic rings. The van der Waals surface area contributed by atoms with E-state index >= 15 is 0 Å². The van der Waals surface area contributed by atoms with Gasteiger partial charge in [-0.15, -0.1) is 0 Å². The quantitative estimate of drug-likeness (QED) is 0.554. The molecule has 1 amide bonds. The van der Waals surface area contributed by atoms with Crippen LogP contribution in [-0.2, 0) is 4.79 Å². The van der Waals surface area contributed by atoms with Crippen LogP contribution in [0.25, 0.3) is 21.9 Å². The molecule has 134 valence electrons. The number of rotatable bonds is 4. The number of hydrogen-bond donors (Lipinski definition) is 1. The van der Waals surface area contributed by atoms with E-state index in [1.807, 2.05) is 0 Å². The molecule has 5 nitrogen and oxygen atoms in total. The molecule has 6 heteroatoms. The number of carbonyl (C=O) groups excluding carboxylic acids is 1. The van der Waals surface area contributed by atoms with E-state index in [2.05, 4.69) is 5.32 Å². The summed E-state index contributed by atoms with van der Waals surface area (Å²) in [6.07, 6.45) is 0. The molecule has 1 N–H and O–H groups in total. The summed E-state index contributed by atoms with van der Waals surface area (Å²) in [4.78, 5) is 24.6. The van der Waals surface area contributed by atoms with E-state index in [0.29, 0.717) is 27.6 Å². The van der Waals surface area contributed by atoms with Crippen LogP contribution in [-0.4, -0.2) is 12.5 Å². The lowest BCUT2D eigenvalue weighted by Gasteiger charge is -2.09. The van der Waals surface area contributed by atoms with Gasteiger partial charge >= 0.3 is 0 Å². The Morgan fingerprint density at radius 3 is 2.56 bits per heavy atom. The standard InChI is InChI=1S/C21H14FNO4/c22-16-6-2-4-8-18(16)26-12-20(24)23-13-9-10-15-19(11-13)27-17-7-3-1-5-14(17)21(15)25/h1-11H,12H2,(H,23,24). The van der Waals surface area contributed by atoms with Crippen LogP contribution in [0.3, 0.4) is 0 Å². The summed E-state index contributed by atoms with van der Waals surface area (Å²) in [7, 11) is 0. The predicted molar refractivity (Wildman–Crippen MR) is 101 cm³/mol. The van der Waals surface area contributed by atoms with Gasteiger partial charge in [0.05, 0.1) is 10.8 Å². The Labute approximate surface area is 153 Å². The van der Waals surface area contributed by atoms with Gasteiger partial charge in [0, 0.05) is 11.8 Å². The van der Waals surface area contributed by atoms with Crippen molar-refractivity contribution >= 4 is 33.5 Å². The molecule has 0 fully saturated rings. The second-order valence-corrected chi connectivity index (χ2v) is 5.91. The van der Waals surface area contributed by atoms with Crippen molar-refractivity contribution < 1.29 is 18.3 Å². The zero-order valence-corrected chi connectivity index (χ0v) is 14.1. The number of carbonyl (C=O) groups is 1. The van der Waals surface area contributed by atoms with Crippen LogP contribution in [0.1, 0.15) is 0 Å².